The summed E-state index contributed by atoms with van der Waals surface area (Å²) >= 11 is 0. The Bertz CT molecular complexity index is 917. The molecule has 0 spiro atoms. The van der Waals surface area contributed by atoms with Gasteiger partial charge in [0.25, 0.3) is 5.91 Å². The second-order valence-electron chi connectivity index (χ2n) is 6.28. The molecule has 0 saturated carbocycles. The number of hydrogen-bond donors (Lipinski definition) is 2. The third kappa shape index (κ3) is 3.03. The SMILES string of the molecule is CC(NC(=O)C1CNc2ccccc2O1)c1cccc2ccccc12. The molecule has 0 aromatic heterocycles. The maximum Gasteiger partial charge on any atom is 0.263 e. The first-order chi connectivity index (χ1) is 12.2. The number of benzene rings is 3. The zero-order chi connectivity index (χ0) is 17.2. The van der Waals surface area contributed by atoms with Gasteiger partial charge in [0.1, 0.15) is 5.75 Å². The summed E-state index contributed by atoms with van der Waals surface area (Å²) < 4.78 is 5.84. The van der Waals surface area contributed by atoms with Gasteiger partial charge in [0, 0.05) is 0 Å². The van der Waals surface area contributed by atoms with Gasteiger partial charge in [0.15, 0.2) is 6.10 Å². The largest absolute Gasteiger partial charge is 0.477 e. The highest BCUT2D eigenvalue weighted by molar-refractivity contribution is 5.88. The molecule has 2 atom stereocenters. The topological polar surface area (TPSA) is 50.4 Å². The summed E-state index contributed by atoms with van der Waals surface area (Å²) in [5, 5.41) is 8.67. The number of fused-ring (bicyclic) bond motifs is 2. The van der Waals surface area contributed by atoms with Crippen molar-refractivity contribution in [1.82, 2.24) is 5.32 Å². The zero-order valence-electron chi connectivity index (χ0n) is 14.0. The van der Waals surface area contributed by atoms with Gasteiger partial charge in [-0.25, -0.2) is 0 Å². The van der Waals surface area contributed by atoms with Gasteiger partial charge in [0.05, 0.1) is 18.3 Å². The molecule has 1 aliphatic heterocycles. The second kappa shape index (κ2) is 6.48. The van der Waals surface area contributed by atoms with Crippen LogP contribution in [0.5, 0.6) is 5.75 Å². The molecule has 126 valence electrons. The minimum atomic E-state index is -0.535. The normalized spacial score (nSPS) is 17.1. The Morgan fingerprint density at radius 1 is 1.08 bits per heavy atom. The summed E-state index contributed by atoms with van der Waals surface area (Å²) in [6, 6.07) is 21.9. The predicted octanol–water partition coefficient (Wildman–Crippen LogP) is 3.89. The lowest BCUT2D eigenvalue weighted by Crippen LogP contribution is -2.45. The summed E-state index contributed by atoms with van der Waals surface area (Å²) in [5.74, 6) is 0.606. The average molecular weight is 332 g/mol. The quantitative estimate of drug-likeness (QED) is 0.765. The van der Waals surface area contributed by atoms with Crippen LogP contribution in [0.1, 0.15) is 18.5 Å². The first-order valence-electron chi connectivity index (χ1n) is 8.50. The number of para-hydroxylation sites is 2. The molecular weight excluding hydrogens is 312 g/mol. The van der Waals surface area contributed by atoms with Crippen molar-refractivity contribution in [2.24, 2.45) is 0 Å². The van der Waals surface area contributed by atoms with Crippen LogP contribution in [0.2, 0.25) is 0 Å². The van der Waals surface area contributed by atoms with Crippen molar-refractivity contribution in [3.05, 3.63) is 72.3 Å². The van der Waals surface area contributed by atoms with Crippen LogP contribution in [0.3, 0.4) is 0 Å². The van der Waals surface area contributed by atoms with E-state index < -0.39 is 6.10 Å². The fourth-order valence-corrected chi connectivity index (χ4v) is 3.27. The number of amides is 1. The van der Waals surface area contributed by atoms with Crippen molar-refractivity contribution < 1.29 is 9.53 Å². The molecular formula is C21H20N2O2. The Morgan fingerprint density at radius 3 is 2.76 bits per heavy atom. The van der Waals surface area contributed by atoms with Crippen LogP contribution >= 0.6 is 0 Å². The Hall–Kier alpha value is -3.01. The van der Waals surface area contributed by atoms with Gasteiger partial charge >= 0.3 is 0 Å². The van der Waals surface area contributed by atoms with Gasteiger partial charge in [-0.2, -0.15) is 0 Å². The van der Waals surface area contributed by atoms with E-state index >= 15 is 0 Å². The summed E-state index contributed by atoms with van der Waals surface area (Å²) in [7, 11) is 0. The van der Waals surface area contributed by atoms with Gasteiger partial charge in [-0.1, -0.05) is 54.6 Å². The lowest BCUT2D eigenvalue weighted by atomic mass is 9.99. The summed E-state index contributed by atoms with van der Waals surface area (Å²) in [4.78, 5) is 12.7. The van der Waals surface area contributed by atoms with Crippen molar-refractivity contribution in [3.63, 3.8) is 0 Å². The van der Waals surface area contributed by atoms with Crippen LogP contribution in [0, 0.1) is 0 Å². The minimum absolute atomic E-state index is 0.0978. The number of nitrogens with one attached hydrogen (secondary N) is 2. The summed E-state index contributed by atoms with van der Waals surface area (Å²) in [6.45, 7) is 2.47. The third-order valence-electron chi connectivity index (χ3n) is 4.58. The minimum Gasteiger partial charge on any atom is -0.477 e. The molecule has 1 aliphatic rings. The molecule has 4 heteroatoms. The molecule has 0 aliphatic carbocycles. The lowest BCUT2D eigenvalue weighted by Gasteiger charge is -2.27. The van der Waals surface area contributed by atoms with E-state index in [1.54, 1.807) is 0 Å². The van der Waals surface area contributed by atoms with Crippen LogP contribution in [0.4, 0.5) is 5.69 Å². The molecule has 4 rings (SSSR count). The molecule has 1 amide bonds. The van der Waals surface area contributed by atoms with Crippen LogP contribution in [-0.4, -0.2) is 18.6 Å². The van der Waals surface area contributed by atoms with E-state index in [4.69, 9.17) is 4.74 Å². The van der Waals surface area contributed by atoms with E-state index in [-0.39, 0.29) is 11.9 Å². The molecule has 0 bridgehead atoms. The van der Waals surface area contributed by atoms with Crippen LogP contribution in [-0.2, 0) is 4.79 Å². The standard InChI is InChI=1S/C21H20N2O2/c1-14(16-10-6-8-15-7-2-3-9-17(15)16)23-21(24)20-13-22-18-11-4-5-12-19(18)25-20/h2-12,14,20,22H,13H2,1H3,(H,23,24). The fraction of sp³-hybridized carbons (Fsp3) is 0.190. The molecule has 0 fully saturated rings. The highest BCUT2D eigenvalue weighted by Crippen LogP contribution is 2.29. The van der Waals surface area contributed by atoms with Gasteiger partial charge < -0.3 is 15.4 Å². The number of hydrogen-bond acceptors (Lipinski definition) is 3. The highest BCUT2D eigenvalue weighted by atomic mass is 16.5. The Morgan fingerprint density at radius 2 is 1.84 bits per heavy atom. The smallest absolute Gasteiger partial charge is 0.263 e. The van der Waals surface area contributed by atoms with Crippen LogP contribution in [0.25, 0.3) is 10.8 Å². The van der Waals surface area contributed by atoms with Gasteiger partial charge in [-0.3, -0.25) is 4.79 Å². The first kappa shape index (κ1) is 15.5. The van der Waals surface area contributed by atoms with Gasteiger partial charge in [-0.15, -0.1) is 0 Å². The number of rotatable bonds is 3. The van der Waals surface area contributed by atoms with Gasteiger partial charge in [-0.05, 0) is 35.4 Å². The van der Waals surface area contributed by atoms with Crippen molar-refractivity contribution in [1.29, 1.82) is 0 Å². The Labute approximate surface area is 146 Å². The first-order valence-corrected chi connectivity index (χ1v) is 8.50. The molecule has 2 unspecified atom stereocenters. The average Bonchev–Trinajstić information content (AvgIpc) is 2.67. The zero-order valence-corrected chi connectivity index (χ0v) is 14.0. The Balaban J connectivity index is 1.51. The predicted molar refractivity (Wildman–Crippen MR) is 99.9 cm³/mol. The second-order valence-corrected chi connectivity index (χ2v) is 6.28. The highest BCUT2D eigenvalue weighted by Gasteiger charge is 2.27. The number of anilines is 1. The number of carbonyl (C=O) groups is 1. The molecule has 1 heterocycles. The van der Waals surface area contributed by atoms with E-state index in [0.29, 0.717) is 12.3 Å². The molecule has 3 aromatic rings. The lowest BCUT2D eigenvalue weighted by molar-refractivity contribution is -0.128. The summed E-state index contributed by atoms with van der Waals surface area (Å²) in [6.07, 6.45) is -0.535. The van der Waals surface area contributed by atoms with Crippen LogP contribution < -0.4 is 15.4 Å². The third-order valence-corrected chi connectivity index (χ3v) is 4.58. The molecule has 2 N–H and O–H groups in total. The monoisotopic (exact) mass is 332 g/mol. The fourth-order valence-electron chi connectivity index (χ4n) is 3.27. The van der Waals surface area contributed by atoms with Crippen molar-refractivity contribution in [2.45, 2.75) is 19.1 Å². The van der Waals surface area contributed by atoms with E-state index in [1.165, 1.54) is 5.39 Å². The van der Waals surface area contributed by atoms with Crippen molar-refractivity contribution in [3.8, 4) is 5.75 Å². The number of carbonyl (C=O) groups excluding carboxylic acids is 1. The molecule has 0 saturated heterocycles. The van der Waals surface area contributed by atoms with Crippen molar-refractivity contribution in [2.75, 3.05) is 11.9 Å². The maximum atomic E-state index is 12.7. The van der Waals surface area contributed by atoms with Gasteiger partial charge in [0.2, 0.25) is 0 Å². The molecule has 25 heavy (non-hydrogen) atoms. The number of ether oxygens (including phenoxy) is 1. The maximum absolute atomic E-state index is 12.7. The van der Waals surface area contributed by atoms with E-state index in [9.17, 15) is 4.79 Å². The molecule has 3 aromatic carbocycles. The summed E-state index contributed by atoms with van der Waals surface area (Å²) in [5.41, 5.74) is 2.03. The van der Waals surface area contributed by atoms with E-state index in [0.717, 1.165) is 16.6 Å². The van der Waals surface area contributed by atoms with E-state index in [2.05, 4.69) is 34.9 Å². The molecule has 4 nitrogen and oxygen atoms in total. The Kier molecular flexibility index (Phi) is 4.02. The van der Waals surface area contributed by atoms with Crippen LogP contribution in [0.15, 0.2) is 66.7 Å². The van der Waals surface area contributed by atoms with Crippen molar-refractivity contribution >= 4 is 22.4 Å². The molecule has 0 radical (unpaired) electrons. The van der Waals surface area contributed by atoms with E-state index in [1.807, 2.05) is 49.4 Å².